The quantitative estimate of drug-likeness (QED) is 0.341. The molecule has 2 aliphatic heterocycles. The summed E-state index contributed by atoms with van der Waals surface area (Å²) in [5.41, 5.74) is 6.08. The van der Waals surface area contributed by atoms with E-state index in [1.165, 1.54) is 4.90 Å². The lowest BCUT2D eigenvalue weighted by Crippen LogP contribution is -2.44. The van der Waals surface area contributed by atoms with Gasteiger partial charge >= 0.3 is 0 Å². The predicted octanol–water partition coefficient (Wildman–Crippen LogP) is 5.42. The van der Waals surface area contributed by atoms with Gasteiger partial charge in [0, 0.05) is 35.9 Å². The number of hydrogen-bond acceptors (Lipinski definition) is 5. The molecule has 1 aromatic heterocycles. The topological polar surface area (TPSA) is 88.2 Å². The molecule has 1 unspecified atom stereocenters. The number of benzene rings is 2. The summed E-state index contributed by atoms with van der Waals surface area (Å²) in [4.78, 5) is 27.7. The summed E-state index contributed by atoms with van der Waals surface area (Å²) in [6, 6.07) is 15.9. The highest BCUT2D eigenvalue weighted by Crippen LogP contribution is 2.38. The Kier molecular flexibility index (Phi) is 6.50. The first-order chi connectivity index (χ1) is 18.2. The van der Waals surface area contributed by atoms with E-state index in [0.29, 0.717) is 16.8 Å². The first-order valence-electron chi connectivity index (χ1n) is 12.8. The van der Waals surface area contributed by atoms with Crippen molar-refractivity contribution in [2.45, 2.75) is 47.1 Å². The number of para-hydroxylation sites is 1. The third kappa shape index (κ3) is 4.43. The van der Waals surface area contributed by atoms with Gasteiger partial charge in [-0.1, -0.05) is 32.0 Å². The van der Waals surface area contributed by atoms with Crippen molar-refractivity contribution in [3.63, 3.8) is 0 Å². The molecule has 2 aromatic carbocycles. The number of carbonyl (C=O) groups is 2. The average Bonchev–Trinajstić information content (AvgIpc) is 3.48. The van der Waals surface area contributed by atoms with E-state index in [0.717, 1.165) is 40.1 Å². The Morgan fingerprint density at radius 1 is 1.16 bits per heavy atom. The molecule has 192 valence electrons. The summed E-state index contributed by atoms with van der Waals surface area (Å²) in [5.74, 6) is 0.0552. The van der Waals surface area contributed by atoms with Crippen LogP contribution in [0.5, 0.6) is 5.75 Å². The van der Waals surface area contributed by atoms with Crippen LogP contribution < -0.4 is 4.74 Å². The maximum atomic E-state index is 13.6. The fraction of sp³-hybridized carbons (Fsp3) is 0.290. The highest BCUT2D eigenvalue weighted by molar-refractivity contribution is 6.19. The van der Waals surface area contributed by atoms with Gasteiger partial charge in [-0.05, 0) is 73.7 Å². The second-order valence-electron chi connectivity index (χ2n) is 10.4. The number of aromatic nitrogens is 2. The minimum Gasteiger partial charge on any atom is -0.490 e. The van der Waals surface area contributed by atoms with Crippen molar-refractivity contribution in [1.29, 1.82) is 5.26 Å². The van der Waals surface area contributed by atoms with E-state index in [2.05, 4.69) is 19.1 Å². The Bertz CT molecular complexity index is 1550. The van der Waals surface area contributed by atoms with E-state index in [-0.39, 0.29) is 24.1 Å². The van der Waals surface area contributed by atoms with Crippen LogP contribution in [0.3, 0.4) is 0 Å². The molecule has 0 aliphatic carbocycles. The smallest absolute Gasteiger partial charge is 0.271 e. The van der Waals surface area contributed by atoms with E-state index in [1.807, 2.05) is 63.4 Å². The monoisotopic (exact) mass is 506 g/mol. The maximum Gasteiger partial charge on any atom is 0.271 e. The predicted molar refractivity (Wildman–Crippen MR) is 145 cm³/mol. The van der Waals surface area contributed by atoms with Gasteiger partial charge in [0.1, 0.15) is 23.5 Å². The molecule has 0 fully saturated rings. The normalized spacial score (nSPS) is 18.3. The second-order valence-corrected chi connectivity index (χ2v) is 10.4. The molecule has 0 saturated heterocycles. The Morgan fingerprint density at radius 3 is 2.58 bits per heavy atom. The van der Waals surface area contributed by atoms with Crippen molar-refractivity contribution in [3.05, 3.63) is 82.1 Å². The van der Waals surface area contributed by atoms with Crippen LogP contribution in [-0.4, -0.2) is 39.1 Å². The molecule has 0 radical (unpaired) electrons. The number of nitrogens with zero attached hydrogens (tertiary/aromatic N) is 4. The lowest BCUT2D eigenvalue weighted by Gasteiger charge is -2.28. The molecule has 0 bridgehead atoms. The van der Waals surface area contributed by atoms with Crippen LogP contribution >= 0.6 is 0 Å². The molecule has 2 amide bonds. The van der Waals surface area contributed by atoms with Gasteiger partial charge in [0.05, 0.1) is 11.4 Å². The number of rotatable bonds is 5. The van der Waals surface area contributed by atoms with Crippen molar-refractivity contribution in [2.75, 3.05) is 6.54 Å². The molecule has 2 aliphatic rings. The van der Waals surface area contributed by atoms with E-state index >= 15 is 0 Å². The molecule has 0 saturated carbocycles. The van der Waals surface area contributed by atoms with Gasteiger partial charge in [0.2, 0.25) is 0 Å². The highest BCUT2D eigenvalue weighted by Gasteiger charge is 2.36. The van der Waals surface area contributed by atoms with Gasteiger partial charge in [-0.3, -0.25) is 14.5 Å². The SMILES string of the molecule is CC1=C(C#N)C(=O)N(CC(C)C)C(=O)/C1=C/c1cn(-c2ccccc2)nc1-c1cc(C)c2c(c1)CC(C)O2. The second kappa shape index (κ2) is 9.79. The van der Waals surface area contributed by atoms with Gasteiger partial charge in [-0.15, -0.1) is 0 Å². The van der Waals surface area contributed by atoms with Gasteiger partial charge in [0.15, 0.2) is 0 Å². The number of fused-ring (bicyclic) bond motifs is 1. The van der Waals surface area contributed by atoms with Crippen LogP contribution in [-0.2, 0) is 16.0 Å². The number of carbonyl (C=O) groups excluding carboxylic acids is 2. The Morgan fingerprint density at radius 2 is 1.89 bits per heavy atom. The van der Waals surface area contributed by atoms with E-state index < -0.39 is 11.8 Å². The molecule has 38 heavy (non-hydrogen) atoms. The number of imide groups is 1. The largest absolute Gasteiger partial charge is 0.490 e. The lowest BCUT2D eigenvalue weighted by atomic mass is 9.92. The minimum atomic E-state index is -0.538. The van der Waals surface area contributed by atoms with Crippen LogP contribution in [0.1, 0.15) is 44.4 Å². The lowest BCUT2D eigenvalue weighted by molar-refractivity contribution is -0.141. The molecule has 0 N–H and O–H groups in total. The average molecular weight is 507 g/mol. The summed E-state index contributed by atoms with van der Waals surface area (Å²) in [5, 5.41) is 14.7. The molecule has 3 aromatic rings. The zero-order valence-electron chi connectivity index (χ0n) is 22.3. The number of nitriles is 1. The van der Waals surface area contributed by atoms with Crippen molar-refractivity contribution in [1.82, 2.24) is 14.7 Å². The summed E-state index contributed by atoms with van der Waals surface area (Å²) >= 11 is 0. The van der Waals surface area contributed by atoms with Crippen LogP contribution in [0, 0.1) is 24.2 Å². The van der Waals surface area contributed by atoms with Gasteiger partial charge < -0.3 is 4.74 Å². The van der Waals surface area contributed by atoms with Gasteiger partial charge in [0.25, 0.3) is 11.8 Å². The van der Waals surface area contributed by atoms with Crippen molar-refractivity contribution < 1.29 is 14.3 Å². The van der Waals surface area contributed by atoms with Crippen molar-refractivity contribution >= 4 is 17.9 Å². The fourth-order valence-corrected chi connectivity index (χ4v) is 5.10. The first-order valence-corrected chi connectivity index (χ1v) is 12.8. The van der Waals surface area contributed by atoms with E-state index in [1.54, 1.807) is 17.7 Å². The first kappa shape index (κ1) is 25.2. The molecule has 7 heteroatoms. The minimum absolute atomic E-state index is 0.00647. The van der Waals surface area contributed by atoms with E-state index in [4.69, 9.17) is 9.84 Å². The van der Waals surface area contributed by atoms with Crippen LogP contribution in [0.2, 0.25) is 0 Å². The van der Waals surface area contributed by atoms with Crippen molar-refractivity contribution in [3.8, 4) is 28.8 Å². The van der Waals surface area contributed by atoms with E-state index in [9.17, 15) is 14.9 Å². The summed E-state index contributed by atoms with van der Waals surface area (Å²) < 4.78 is 7.79. The van der Waals surface area contributed by atoms with Crippen LogP contribution in [0.15, 0.2) is 65.4 Å². The zero-order valence-corrected chi connectivity index (χ0v) is 22.3. The number of aryl methyl sites for hydroxylation is 1. The van der Waals surface area contributed by atoms with Crippen molar-refractivity contribution in [2.24, 2.45) is 5.92 Å². The molecule has 3 heterocycles. The summed E-state index contributed by atoms with van der Waals surface area (Å²) in [6.07, 6.45) is 4.58. The Labute approximate surface area is 222 Å². The molecular weight excluding hydrogens is 476 g/mol. The standard InChI is InChI=1S/C31H30N4O3/c1-18(2)16-34-30(36)26(21(5)27(15-32)31(34)37)14-24-17-35(25-9-7-6-8-10-25)33-28(24)22-11-19(3)29-23(13-22)12-20(4)38-29/h6-11,13-14,17-18,20H,12,16H2,1-5H3/b26-14+. The van der Waals surface area contributed by atoms with Crippen LogP contribution in [0.25, 0.3) is 23.0 Å². The summed E-state index contributed by atoms with van der Waals surface area (Å²) in [6.45, 7) is 9.85. The third-order valence-electron chi connectivity index (χ3n) is 6.89. The van der Waals surface area contributed by atoms with Crippen LogP contribution in [0.4, 0.5) is 0 Å². The molecule has 0 spiro atoms. The molecule has 1 atom stereocenters. The maximum absolute atomic E-state index is 13.6. The number of hydrogen-bond donors (Lipinski definition) is 0. The fourth-order valence-electron chi connectivity index (χ4n) is 5.10. The number of amides is 2. The molecular formula is C31H30N4O3. The Hall–Kier alpha value is -4.44. The molecule has 5 rings (SSSR count). The van der Waals surface area contributed by atoms with Gasteiger partial charge in [-0.25, -0.2) is 4.68 Å². The zero-order chi connectivity index (χ0) is 27.1. The number of ether oxygens (including phenoxy) is 1. The highest BCUT2D eigenvalue weighted by atomic mass is 16.5. The third-order valence-corrected chi connectivity index (χ3v) is 6.89. The van der Waals surface area contributed by atoms with Gasteiger partial charge in [-0.2, -0.15) is 10.4 Å². The summed E-state index contributed by atoms with van der Waals surface area (Å²) in [7, 11) is 0. The molecule has 7 nitrogen and oxygen atoms in total. The Balaban J connectivity index is 1.70.